The van der Waals surface area contributed by atoms with E-state index in [2.05, 4.69) is 45.8 Å². The average molecular weight is 546 g/mol. The Hall–Kier alpha value is -3.24. The molecule has 0 bridgehead atoms. The molecule has 40 heavy (non-hydrogen) atoms. The zero-order valence-corrected chi connectivity index (χ0v) is 23.8. The van der Waals surface area contributed by atoms with Gasteiger partial charge in [0.2, 0.25) is 0 Å². The third-order valence-electron chi connectivity index (χ3n) is 8.56. The molecule has 0 radical (unpaired) electrons. The summed E-state index contributed by atoms with van der Waals surface area (Å²) in [5.74, 6) is 0.334. The highest BCUT2D eigenvalue weighted by Gasteiger charge is 2.40. The van der Waals surface area contributed by atoms with Gasteiger partial charge in [0.15, 0.2) is 6.10 Å². The highest BCUT2D eigenvalue weighted by Crippen LogP contribution is 2.45. The van der Waals surface area contributed by atoms with Crippen molar-refractivity contribution in [2.75, 3.05) is 59.5 Å². The molecule has 0 saturated carbocycles. The largest absolute Gasteiger partial charge is 0.493 e. The van der Waals surface area contributed by atoms with Crippen LogP contribution in [0.15, 0.2) is 41.6 Å². The Bertz CT molecular complexity index is 1420. The number of piperazine rings is 1. The number of carbonyl (C=O) groups excluding carboxylic acids is 1. The SMILES string of the molecule is C=C1C2=C(C=C3c4nc5cc6c(cc5c(CNCCN5CCN(C)CC5)c4CN13)OCC6)C(O)C(=O)OC2.CC. The van der Waals surface area contributed by atoms with Gasteiger partial charge in [0.25, 0.3) is 0 Å². The van der Waals surface area contributed by atoms with E-state index >= 15 is 0 Å². The number of likely N-dealkylation sites (N-methyl/N-ethyl adjacent to an activating group) is 1. The molecule has 6 heterocycles. The molecule has 1 atom stereocenters. The van der Waals surface area contributed by atoms with Gasteiger partial charge in [0.05, 0.1) is 30.1 Å². The van der Waals surface area contributed by atoms with E-state index in [1.54, 1.807) is 0 Å². The number of nitrogens with zero attached hydrogens (tertiary/aromatic N) is 4. The lowest BCUT2D eigenvalue weighted by molar-refractivity contribution is -0.151. The second-order valence-corrected chi connectivity index (χ2v) is 10.8. The molecule has 5 aliphatic heterocycles. The van der Waals surface area contributed by atoms with Crippen molar-refractivity contribution in [3.05, 3.63) is 64.0 Å². The van der Waals surface area contributed by atoms with Gasteiger partial charge in [0.1, 0.15) is 12.4 Å². The number of fused-ring (bicyclic) bond motifs is 5. The molecule has 2 N–H and O–H groups in total. The van der Waals surface area contributed by atoms with Gasteiger partial charge in [-0.1, -0.05) is 20.4 Å². The fourth-order valence-corrected chi connectivity index (χ4v) is 6.23. The molecule has 0 aliphatic carbocycles. The Kier molecular flexibility index (Phi) is 7.39. The number of rotatable bonds is 5. The number of hydrogen-bond acceptors (Lipinski definition) is 9. The highest BCUT2D eigenvalue weighted by atomic mass is 16.5. The molecule has 1 unspecified atom stereocenters. The zero-order chi connectivity index (χ0) is 28.0. The molecule has 0 amide bonds. The van der Waals surface area contributed by atoms with Crippen LogP contribution in [0.25, 0.3) is 16.6 Å². The first-order chi connectivity index (χ1) is 19.5. The van der Waals surface area contributed by atoms with E-state index < -0.39 is 12.1 Å². The van der Waals surface area contributed by atoms with Crippen LogP contribution in [0.4, 0.5) is 0 Å². The van der Waals surface area contributed by atoms with Gasteiger partial charge in [-0.25, -0.2) is 9.78 Å². The van der Waals surface area contributed by atoms with Crippen LogP contribution >= 0.6 is 0 Å². The Balaban J connectivity index is 0.00000142. The van der Waals surface area contributed by atoms with Crippen molar-refractivity contribution in [3.8, 4) is 5.75 Å². The second-order valence-electron chi connectivity index (χ2n) is 10.8. The van der Waals surface area contributed by atoms with Crippen LogP contribution in [0.5, 0.6) is 5.75 Å². The summed E-state index contributed by atoms with van der Waals surface area (Å²) >= 11 is 0. The van der Waals surface area contributed by atoms with Crippen LogP contribution in [-0.2, 0) is 29.0 Å². The second kappa shape index (κ2) is 11.0. The summed E-state index contributed by atoms with van der Waals surface area (Å²) in [5.41, 5.74) is 8.38. The number of carbonyl (C=O) groups is 1. The molecule has 1 fully saturated rings. The van der Waals surface area contributed by atoms with E-state index in [1.807, 2.05) is 19.9 Å². The van der Waals surface area contributed by atoms with Crippen molar-refractivity contribution in [2.24, 2.45) is 0 Å². The van der Waals surface area contributed by atoms with Gasteiger partial charge in [-0.2, -0.15) is 0 Å². The first-order valence-electron chi connectivity index (χ1n) is 14.5. The summed E-state index contributed by atoms with van der Waals surface area (Å²) in [7, 11) is 2.18. The number of ether oxygens (including phenoxy) is 2. The highest BCUT2D eigenvalue weighted by molar-refractivity contribution is 5.92. The number of aliphatic hydroxyl groups is 1. The molecule has 1 saturated heterocycles. The number of cyclic esters (lactones) is 1. The van der Waals surface area contributed by atoms with E-state index in [-0.39, 0.29) is 6.61 Å². The lowest BCUT2D eigenvalue weighted by Gasteiger charge is -2.33. The summed E-state index contributed by atoms with van der Waals surface area (Å²) < 4.78 is 11.1. The first kappa shape index (κ1) is 27.0. The lowest BCUT2D eigenvalue weighted by atomic mass is 9.93. The standard InChI is InChI=1S/C29H33N5O4.C2H6/c1-17-23-16-38-29(36)28(35)20(23)12-25-27-22(15-34(17)25)21(14-30-4-5-33-8-6-32(2)7-9-33)19-13-26-18(3-10-37-26)11-24(19)31-27;1-2/h11-13,28,30,35H,1,3-10,14-16H2,2H3;1-2H3. The molecular weight excluding hydrogens is 506 g/mol. The average Bonchev–Trinajstić information content (AvgIpc) is 3.58. The van der Waals surface area contributed by atoms with Crippen LogP contribution in [0.2, 0.25) is 0 Å². The van der Waals surface area contributed by atoms with E-state index in [0.29, 0.717) is 18.7 Å². The maximum absolute atomic E-state index is 12.1. The minimum atomic E-state index is -1.30. The molecular formula is C31H39N5O4. The minimum Gasteiger partial charge on any atom is -0.493 e. The Morgan fingerprint density at radius 2 is 1.98 bits per heavy atom. The fourth-order valence-electron chi connectivity index (χ4n) is 6.23. The summed E-state index contributed by atoms with van der Waals surface area (Å²) in [5, 5.41) is 15.4. The minimum absolute atomic E-state index is 0.126. The van der Waals surface area contributed by atoms with Crippen LogP contribution in [0.3, 0.4) is 0 Å². The molecule has 2 aromatic rings. The molecule has 9 nitrogen and oxygen atoms in total. The van der Waals surface area contributed by atoms with Crippen molar-refractivity contribution in [1.82, 2.24) is 25.0 Å². The quantitative estimate of drug-likeness (QED) is 0.434. The van der Waals surface area contributed by atoms with Crippen LogP contribution < -0.4 is 10.1 Å². The monoisotopic (exact) mass is 545 g/mol. The zero-order valence-electron chi connectivity index (χ0n) is 23.8. The van der Waals surface area contributed by atoms with E-state index in [1.165, 1.54) is 11.1 Å². The fraction of sp³-hybridized carbons (Fsp3) is 0.484. The van der Waals surface area contributed by atoms with Gasteiger partial charge in [-0.15, -0.1) is 0 Å². The number of hydrogen-bond donors (Lipinski definition) is 2. The predicted octanol–water partition coefficient (Wildman–Crippen LogP) is 2.43. The number of pyridine rings is 1. The molecule has 1 aromatic heterocycles. The number of aromatic nitrogens is 1. The van der Waals surface area contributed by atoms with Crippen molar-refractivity contribution >= 4 is 22.6 Å². The Morgan fingerprint density at radius 1 is 1.18 bits per heavy atom. The maximum Gasteiger partial charge on any atom is 0.340 e. The third kappa shape index (κ3) is 4.60. The Morgan fingerprint density at radius 3 is 2.77 bits per heavy atom. The summed E-state index contributed by atoms with van der Waals surface area (Å²) in [6.45, 7) is 16.9. The van der Waals surface area contributed by atoms with Gasteiger partial charge in [0, 0.05) is 80.0 Å². The van der Waals surface area contributed by atoms with Gasteiger partial charge in [-0.3, -0.25) is 4.90 Å². The van der Waals surface area contributed by atoms with E-state index in [0.717, 1.165) is 97.1 Å². The van der Waals surface area contributed by atoms with Crippen LogP contribution in [0, 0.1) is 0 Å². The molecule has 5 aliphatic rings. The van der Waals surface area contributed by atoms with E-state index in [4.69, 9.17) is 14.5 Å². The number of esters is 1. The summed E-state index contributed by atoms with van der Waals surface area (Å²) in [4.78, 5) is 24.3. The van der Waals surface area contributed by atoms with Gasteiger partial charge < -0.3 is 29.7 Å². The van der Waals surface area contributed by atoms with Crippen molar-refractivity contribution in [2.45, 2.75) is 39.5 Å². The molecule has 212 valence electrons. The normalized spacial score (nSPS) is 22.1. The molecule has 1 aromatic carbocycles. The topological polar surface area (TPSA) is 90.4 Å². The van der Waals surface area contributed by atoms with Crippen molar-refractivity contribution in [3.63, 3.8) is 0 Å². The van der Waals surface area contributed by atoms with E-state index in [9.17, 15) is 9.90 Å². The number of aliphatic hydroxyl groups excluding tert-OH is 1. The van der Waals surface area contributed by atoms with Gasteiger partial charge in [-0.05, 0) is 36.4 Å². The molecule has 0 spiro atoms. The molecule has 9 heteroatoms. The Labute approximate surface area is 235 Å². The number of benzene rings is 1. The smallest absolute Gasteiger partial charge is 0.340 e. The van der Waals surface area contributed by atoms with Crippen molar-refractivity contribution in [1.29, 1.82) is 0 Å². The van der Waals surface area contributed by atoms with Crippen molar-refractivity contribution < 1.29 is 19.4 Å². The number of nitrogens with one attached hydrogen (secondary N) is 1. The third-order valence-corrected chi connectivity index (χ3v) is 8.56. The predicted molar refractivity (Wildman–Crippen MR) is 155 cm³/mol. The van der Waals surface area contributed by atoms with Gasteiger partial charge >= 0.3 is 5.97 Å². The lowest BCUT2D eigenvalue weighted by Crippen LogP contribution is -2.46. The maximum atomic E-state index is 12.1. The summed E-state index contributed by atoms with van der Waals surface area (Å²) in [6.07, 6.45) is 1.49. The summed E-state index contributed by atoms with van der Waals surface area (Å²) in [6, 6.07) is 4.31. The molecule has 7 rings (SSSR count). The van der Waals surface area contributed by atoms with Crippen LogP contribution in [-0.4, -0.2) is 96.4 Å². The van der Waals surface area contributed by atoms with Crippen LogP contribution in [0.1, 0.15) is 36.2 Å². The first-order valence-corrected chi connectivity index (χ1v) is 14.5.